The molecule has 0 heterocycles. The summed E-state index contributed by atoms with van der Waals surface area (Å²) in [6.45, 7) is 3.86. The van der Waals surface area contributed by atoms with Crippen LogP contribution >= 0.6 is 0 Å². The van der Waals surface area contributed by atoms with Crippen LogP contribution in [0.5, 0.6) is 11.5 Å². The van der Waals surface area contributed by atoms with Gasteiger partial charge in [-0.3, -0.25) is 14.9 Å². The highest BCUT2D eigenvalue weighted by molar-refractivity contribution is 5.76. The molecule has 0 spiro atoms. The van der Waals surface area contributed by atoms with Gasteiger partial charge in [-0.2, -0.15) is 0 Å². The normalized spacial score (nSPS) is 10.5. The number of nitrogens with zero attached hydrogens (tertiary/aromatic N) is 2. The molecule has 7 nitrogen and oxygen atoms in total. The van der Waals surface area contributed by atoms with Crippen molar-refractivity contribution in [2.75, 3.05) is 20.3 Å². The molecule has 0 saturated heterocycles. The van der Waals surface area contributed by atoms with Gasteiger partial charge in [0.05, 0.1) is 18.6 Å². The van der Waals surface area contributed by atoms with Crippen LogP contribution in [0.2, 0.25) is 0 Å². The van der Waals surface area contributed by atoms with Crippen molar-refractivity contribution >= 4 is 11.6 Å². The molecule has 0 aliphatic rings. The van der Waals surface area contributed by atoms with Crippen LogP contribution in [0.4, 0.5) is 5.69 Å². The Labute approximate surface area is 177 Å². The highest BCUT2D eigenvalue weighted by Crippen LogP contribution is 2.30. The minimum absolute atomic E-state index is 0.108. The van der Waals surface area contributed by atoms with Gasteiger partial charge in [0.25, 0.3) is 0 Å². The van der Waals surface area contributed by atoms with Gasteiger partial charge in [0.1, 0.15) is 5.75 Å². The predicted octanol–water partition coefficient (Wildman–Crippen LogP) is 4.98. The van der Waals surface area contributed by atoms with E-state index in [1.165, 1.54) is 25.3 Å². The molecule has 0 fully saturated rings. The number of hydrogen-bond acceptors (Lipinski definition) is 5. The smallest absolute Gasteiger partial charge is 0.311 e. The first-order valence-corrected chi connectivity index (χ1v) is 10.3. The van der Waals surface area contributed by atoms with Crippen molar-refractivity contribution in [2.24, 2.45) is 0 Å². The number of methoxy groups -OCH3 is 1. The average Bonchev–Trinajstić information content (AvgIpc) is 2.76. The molecular formula is C23H30N2O5. The summed E-state index contributed by atoms with van der Waals surface area (Å²) in [5.74, 6) is 0.743. The third-order valence-electron chi connectivity index (χ3n) is 4.75. The zero-order valence-corrected chi connectivity index (χ0v) is 17.7. The number of nitro benzene ring substituents is 1. The molecule has 162 valence electrons. The van der Waals surface area contributed by atoms with Crippen molar-refractivity contribution in [3.8, 4) is 11.5 Å². The van der Waals surface area contributed by atoms with Gasteiger partial charge in [-0.1, -0.05) is 50.1 Å². The topological polar surface area (TPSA) is 81.9 Å². The van der Waals surface area contributed by atoms with E-state index in [-0.39, 0.29) is 17.3 Å². The van der Waals surface area contributed by atoms with Crippen LogP contribution in [0.3, 0.4) is 0 Å². The molecule has 2 rings (SSSR count). The predicted molar refractivity (Wildman–Crippen MR) is 116 cm³/mol. The number of unbranched alkanes of at least 4 members (excludes halogenated alkanes) is 2. The van der Waals surface area contributed by atoms with Crippen LogP contribution in [0.1, 0.15) is 44.6 Å². The fraction of sp³-hybridized carbons (Fsp3) is 0.435. The Kier molecular flexibility index (Phi) is 9.64. The van der Waals surface area contributed by atoms with Crippen LogP contribution in [0.15, 0.2) is 48.5 Å². The molecule has 2 aromatic rings. The largest absolute Gasteiger partial charge is 0.493 e. The van der Waals surface area contributed by atoms with Crippen LogP contribution in [0, 0.1) is 10.1 Å². The second-order valence-electron chi connectivity index (χ2n) is 7.05. The number of amides is 1. The van der Waals surface area contributed by atoms with Crippen molar-refractivity contribution in [1.82, 2.24) is 4.90 Å². The first-order valence-electron chi connectivity index (χ1n) is 10.3. The van der Waals surface area contributed by atoms with Gasteiger partial charge in [0, 0.05) is 31.6 Å². The lowest BCUT2D eigenvalue weighted by Gasteiger charge is -2.23. The quantitative estimate of drug-likeness (QED) is 0.262. The summed E-state index contributed by atoms with van der Waals surface area (Å²) in [7, 11) is 1.38. The Hall–Kier alpha value is -3.09. The minimum Gasteiger partial charge on any atom is -0.493 e. The number of rotatable bonds is 13. The van der Waals surface area contributed by atoms with Gasteiger partial charge < -0.3 is 14.4 Å². The molecular weight excluding hydrogens is 384 g/mol. The molecule has 30 heavy (non-hydrogen) atoms. The SMILES string of the molecule is CCCCCN(Cc1ccccc1)C(=O)CCCOc1ccc([N+](=O)[O-])c(OC)c1. The molecule has 2 aromatic carbocycles. The Morgan fingerprint density at radius 1 is 1.10 bits per heavy atom. The van der Waals surface area contributed by atoms with E-state index in [0.717, 1.165) is 31.4 Å². The molecule has 0 atom stereocenters. The van der Waals surface area contributed by atoms with E-state index in [1.807, 2.05) is 35.2 Å². The fourth-order valence-electron chi connectivity index (χ4n) is 3.12. The molecule has 0 unspecified atom stereocenters. The van der Waals surface area contributed by atoms with Crippen LogP contribution < -0.4 is 9.47 Å². The zero-order valence-electron chi connectivity index (χ0n) is 17.7. The van der Waals surface area contributed by atoms with E-state index in [4.69, 9.17) is 9.47 Å². The van der Waals surface area contributed by atoms with Gasteiger partial charge in [-0.15, -0.1) is 0 Å². The van der Waals surface area contributed by atoms with E-state index in [2.05, 4.69) is 6.92 Å². The molecule has 0 bridgehead atoms. The van der Waals surface area contributed by atoms with E-state index >= 15 is 0 Å². The monoisotopic (exact) mass is 414 g/mol. The summed E-state index contributed by atoms with van der Waals surface area (Å²) in [6, 6.07) is 14.4. The maximum Gasteiger partial charge on any atom is 0.311 e. The van der Waals surface area contributed by atoms with Crippen LogP contribution in [-0.4, -0.2) is 36.0 Å². The lowest BCUT2D eigenvalue weighted by Crippen LogP contribution is -2.31. The van der Waals surface area contributed by atoms with Crippen molar-refractivity contribution < 1.29 is 19.2 Å². The van der Waals surface area contributed by atoms with E-state index in [0.29, 0.717) is 31.7 Å². The van der Waals surface area contributed by atoms with Gasteiger partial charge >= 0.3 is 5.69 Å². The number of benzene rings is 2. The Bertz CT molecular complexity index is 810. The molecule has 0 N–H and O–H groups in total. The first kappa shape index (κ1) is 23.2. The second-order valence-corrected chi connectivity index (χ2v) is 7.05. The Morgan fingerprint density at radius 2 is 1.87 bits per heavy atom. The summed E-state index contributed by atoms with van der Waals surface area (Å²) >= 11 is 0. The Morgan fingerprint density at radius 3 is 2.53 bits per heavy atom. The highest BCUT2D eigenvalue weighted by Gasteiger charge is 2.16. The lowest BCUT2D eigenvalue weighted by molar-refractivity contribution is -0.385. The number of carbonyl (C=O) groups excluding carboxylic acids is 1. The van der Waals surface area contributed by atoms with E-state index in [1.54, 1.807) is 0 Å². The molecule has 1 amide bonds. The van der Waals surface area contributed by atoms with Crippen molar-refractivity contribution in [3.05, 3.63) is 64.2 Å². The number of carbonyl (C=O) groups is 1. The molecule has 7 heteroatoms. The van der Waals surface area contributed by atoms with Gasteiger partial charge in [0.15, 0.2) is 0 Å². The average molecular weight is 415 g/mol. The summed E-state index contributed by atoms with van der Waals surface area (Å²) in [4.78, 5) is 25.1. The standard InChI is InChI=1S/C23H30N2O5/c1-3-4-8-15-24(18-19-10-6-5-7-11-19)23(26)12-9-16-30-20-13-14-21(25(27)28)22(17-20)29-2/h5-7,10-11,13-14,17H,3-4,8-9,12,15-16,18H2,1-2H3. The summed E-state index contributed by atoms with van der Waals surface area (Å²) < 4.78 is 10.7. The van der Waals surface area contributed by atoms with Gasteiger partial charge in [0.2, 0.25) is 11.7 Å². The van der Waals surface area contributed by atoms with Gasteiger partial charge in [-0.05, 0) is 24.5 Å². The van der Waals surface area contributed by atoms with E-state index < -0.39 is 4.92 Å². The number of ether oxygens (including phenoxy) is 2. The molecule has 0 aliphatic carbocycles. The van der Waals surface area contributed by atoms with Crippen LogP contribution in [-0.2, 0) is 11.3 Å². The molecule has 0 aromatic heterocycles. The maximum atomic E-state index is 12.7. The van der Waals surface area contributed by atoms with Crippen molar-refractivity contribution in [2.45, 2.75) is 45.6 Å². The van der Waals surface area contributed by atoms with Crippen LogP contribution in [0.25, 0.3) is 0 Å². The highest BCUT2D eigenvalue weighted by atomic mass is 16.6. The van der Waals surface area contributed by atoms with Gasteiger partial charge in [-0.25, -0.2) is 0 Å². The summed E-state index contributed by atoms with van der Waals surface area (Å²) in [5.41, 5.74) is 1.01. The van der Waals surface area contributed by atoms with Crippen molar-refractivity contribution in [1.29, 1.82) is 0 Å². The van der Waals surface area contributed by atoms with E-state index in [9.17, 15) is 14.9 Å². The third-order valence-corrected chi connectivity index (χ3v) is 4.75. The lowest BCUT2D eigenvalue weighted by atomic mass is 10.1. The maximum absolute atomic E-state index is 12.7. The fourth-order valence-corrected chi connectivity index (χ4v) is 3.12. The minimum atomic E-state index is -0.499. The second kappa shape index (κ2) is 12.5. The summed E-state index contributed by atoms with van der Waals surface area (Å²) in [5, 5.41) is 11.0. The van der Waals surface area contributed by atoms with Crippen molar-refractivity contribution in [3.63, 3.8) is 0 Å². The zero-order chi connectivity index (χ0) is 21.8. The summed E-state index contributed by atoms with van der Waals surface area (Å²) in [6.07, 6.45) is 4.16. The first-order chi connectivity index (χ1) is 14.5. The molecule has 0 radical (unpaired) electrons. The molecule has 0 saturated carbocycles. The number of nitro groups is 1. The number of hydrogen-bond donors (Lipinski definition) is 0. The molecule has 0 aliphatic heterocycles. The Balaban J connectivity index is 1.86. The third kappa shape index (κ3) is 7.39.